The van der Waals surface area contributed by atoms with E-state index in [9.17, 15) is 9.46 Å². The second kappa shape index (κ2) is 7.68. The average Bonchev–Trinajstić information content (AvgIpc) is 2.61. The first kappa shape index (κ1) is 17.5. The maximum absolute atomic E-state index is 12.5. The van der Waals surface area contributed by atoms with Gasteiger partial charge in [0.2, 0.25) is 0 Å². The Balaban J connectivity index is 1.56. The molecule has 7 heteroatoms. The summed E-state index contributed by atoms with van der Waals surface area (Å²) >= 11 is 6.02. The molecule has 5 nitrogen and oxygen atoms in total. The summed E-state index contributed by atoms with van der Waals surface area (Å²) in [6.45, 7) is 2.37. The Bertz CT molecular complexity index is 721. The van der Waals surface area contributed by atoms with Gasteiger partial charge in [-0.25, -0.2) is 9.24 Å². The summed E-state index contributed by atoms with van der Waals surface area (Å²) in [6.07, 6.45) is 0. The zero-order valence-electron chi connectivity index (χ0n) is 13.2. The van der Waals surface area contributed by atoms with Crippen LogP contribution < -0.4 is 4.90 Å². The largest absolute Gasteiger partial charge is 0.406 e. The van der Waals surface area contributed by atoms with Crippen molar-refractivity contribution in [3.05, 3.63) is 65.2 Å². The lowest BCUT2D eigenvalue weighted by Gasteiger charge is -2.37. The summed E-state index contributed by atoms with van der Waals surface area (Å²) in [5, 5.41) is 0.689. The van der Waals surface area contributed by atoms with Gasteiger partial charge in [-0.2, -0.15) is 0 Å². The van der Waals surface area contributed by atoms with Gasteiger partial charge in [0.05, 0.1) is 6.61 Å². The van der Waals surface area contributed by atoms with Crippen LogP contribution in [0.25, 0.3) is 0 Å². The molecule has 1 fully saturated rings. The summed E-state index contributed by atoms with van der Waals surface area (Å²) in [5.74, 6) is 0. The van der Waals surface area contributed by atoms with E-state index in [1.807, 2.05) is 54.6 Å². The van der Waals surface area contributed by atoms with Crippen molar-refractivity contribution in [1.29, 1.82) is 0 Å². The minimum atomic E-state index is -3.78. The molecular formula is C17H20ClN2O3P. The topological polar surface area (TPSA) is 53.0 Å². The molecule has 2 aromatic rings. The van der Waals surface area contributed by atoms with Gasteiger partial charge >= 0.3 is 7.75 Å². The lowest BCUT2D eigenvalue weighted by atomic mass is 10.2. The van der Waals surface area contributed by atoms with Crippen molar-refractivity contribution in [2.24, 2.45) is 0 Å². The number of hydrogen-bond donors (Lipinski definition) is 1. The molecule has 0 spiro atoms. The van der Waals surface area contributed by atoms with Crippen molar-refractivity contribution in [1.82, 2.24) is 4.67 Å². The molecule has 1 aliphatic heterocycles. The van der Waals surface area contributed by atoms with Crippen LogP contribution in [-0.2, 0) is 15.7 Å². The van der Waals surface area contributed by atoms with Crippen LogP contribution in [-0.4, -0.2) is 35.7 Å². The number of halogens is 1. The molecule has 1 heterocycles. The summed E-state index contributed by atoms with van der Waals surface area (Å²) in [6, 6.07) is 17.0. The predicted octanol–water partition coefficient (Wildman–Crippen LogP) is 3.78. The van der Waals surface area contributed by atoms with E-state index in [4.69, 9.17) is 16.1 Å². The van der Waals surface area contributed by atoms with Crippen LogP contribution in [0, 0.1) is 0 Å². The second-order valence-electron chi connectivity index (χ2n) is 5.67. The maximum Gasteiger partial charge on any atom is 0.406 e. The number of piperazine rings is 1. The quantitative estimate of drug-likeness (QED) is 0.816. The van der Waals surface area contributed by atoms with Crippen molar-refractivity contribution in [3.63, 3.8) is 0 Å². The van der Waals surface area contributed by atoms with Gasteiger partial charge in [0.15, 0.2) is 0 Å². The Hall–Kier alpha value is -1.36. The van der Waals surface area contributed by atoms with Crippen LogP contribution in [0.2, 0.25) is 5.02 Å². The first-order valence-corrected chi connectivity index (χ1v) is 9.73. The highest BCUT2D eigenvalue weighted by atomic mass is 35.5. The second-order valence-corrected chi connectivity index (χ2v) is 7.91. The zero-order chi connectivity index (χ0) is 17.0. The molecule has 0 aliphatic carbocycles. The molecule has 0 aromatic heterocycles. The fourth-order valence-electron chi connectivity index (χ4n) is 2.69. The standard InChI is InChI=1S/C17H20ClN2O3P/c18-16-7-4-8-17(13-16)19-9-11-20(12-10-19)24(21,22)23-14-15-5-2-1-3-6-15/h1-8,13H,9-12,14H2,(H,21,22). The number of anilines is 1. The summed E-state index contributed by atoms with van der Waals surface area (Å²) in [4.78, 5) is 12.4. The maximum atomic E-state index is 12.5. The minimum Gasteiger partial charge on any atom is -0.369 e. The van der Waals surface area contributed by atoms with E-state index in [1.54, 1.807) is 0 Å². The van der Waals surface area contributed by atoms with Gasteiger partial charge < -0.3 is 9.79 Å². The first-order valence-electron chi connectivity index (χ1n) is 7.82. The van der Waals surface area contributed by atoms with Crippen LogP contribution >= 0.6 is 19.3 Å². The molecule has 0 radical (unpaired) electrons. The molecule has 2 aromatic carbocycles. The van der Waals surface area contributed by atoms with Crippen molar-refractivity contribution < 1.29 is 14.0 Å². The molecule has 1 saturated heterocycles. The summed E-state index contributed by atoms with van der Waals surface area (Å²) in [7, 11) is -3.78. The van der Waals surface area contributed by atoms with Gasteiger partial charge in [-0.05, 0) is 23.8 Å². The van der Waals surface area contributed by atoms with E-state index >= 15 is 0 Å². The normalized spacial score (nSPS) is 18.3. The third kappa shape index (κ3) is 4.38. The van der Waals surface area contributed by atoms with E-state index in [1.165, 1.54) is 4.67 Å². The average molecular weight is 367 g/mol. The van der Waals surface area contributed by atoms with Crippen LogP contribution in [0.1, 0.15) is 5.56 Å². The Kier molecular flexibility index (Phi) is 5.59. The third-order valence-electron chi connectivity index (χ3n) is 4.03. The number of hydrogen-bond acceptors (Lipinski definition) is 3. The van der Waals surface area contributed by atoms with Crippen LogP contribution in [0.5, 0.6) is 0 Å². The molecule has 24 heavy (non-hydrogen) atoms. The fraction of sp³-hybridized carbons (Fsp3) is 0.294. The molecule has 3 rings (SSSR count). The Morgan fingerprint density at radius 1 is 1.04 bits per heavy atom. The molecule has 1 unspecified atom stereocenters. The van der Waals surface area contributed by atoms with E-state index < -0.39 is 7.75 Å². The van der Waals surface area contributed by atoms with E-state index in [0.29, 0.717) is 31.2 Å². The van der Waals surface area contributed by atoms with Crippen LogP contribution in [0.4, 0.5) is 5.69 Å². The van der Waals surface area contributed by atoms with E-state index in [0.717, 1.165) is 11.3 Å². The number of rotatable bonds is 5. The van der Waals surface area contributed by atoms with Gasteiger partial charge in [-0.1, -0.05) is 48.0 Å². The van der Waals surface area contributed by atoms with E-state index in [-0.39, 0.29) is 6.61 Å². The van der Waals surface area contributed by atoms with Gasteiger partial charge in [0, 0.05) is 36.9 Å². The smallest absolute Gasteiger partial charge is 0.369 e. The van der Waals surface area contributed by atoms with Crippen LogP contribution in [0.3, 0.4) is 0 Å². The number of benzene rings is 2. The molecule has 1 atom stereocenters. The van der Waals surface area contributed by atoms with Gasteiger partial charge in [0.1, 0.15) is 0 Å². The SMILES string of the molecule is O=P(O)(OCc1ccccc1)N1CCN(c2cccc(Cl)c2)CC1. The van der Waals surface area contributed by atoms with Crippen LogP contribution in [0.15, 0.2) is 54.6 Å². The van der Waals surface area contributed by atoms with Crippen molar-refractivity contribution in [2.75, 3.05) is 31.1 Å². The molecule has 1 N–H and O–H groups in total. The highest BCUT2D eigenvalue weighted by Crippen LogP contribution is 2.47. The Labute approximate surface area is 147 Å². The monoisotopic (exact) mass is 366 g/mol. The molecule has 0 saturated carbocycles. The number of nitrogens with zero attached hydrogens (tertiary/aromatic N) is 2. The highest BCUT2D eigenvalue weighted by Gasteiger charge is 2.32. The molecule has 1 aliphatic rings. The predicted molar refractivity (Wildman–Crippen MR) is 96.3 cm³/mol. The van der Waals surface area contributed by atoms with Gasteiger partial charge in [0.25, 0.3) is 0 Å². The summed E-state index contributed by atoms with van der Waals surface area (Å²) < 4.78 is 19.3. The Morgan fingerprint density at radius 2 is 1.75 bits per heavy atom. The van der Waals surface area contributed by atoms with E-state index in [2.05, 4.69) is 4.90 Å². The fourth-order valence-corrected chi connectivity index (χ4v) is 4.04. The van der Waals surface area contributed by atoms with Gasteiger partial charge in [-0.15, -0.1) is 0 Å². The molecule has 128 valence electrons. The first-order chi connectivity index (χ1) is 11.5. The molecule has 0 amide bonds. The van der Waals surface area contributed by atoms with Crippen molar-refractivity contribution in [3.8, 4) is 0 Å². The molecular weight excluding hydrogens is 347 g/mol. The Morgan fingerprint density at radius 3 is 2.42 bits per heavy atom. The highest BCUT2D eigenvalue weighted by molar-refractivity contribution is 7.50. The van der Waals surface area contributed by atoms with Crippen molar-refractivity contribution in [2.45, 2.75) is 6.61 Å². The van der Waals surface area contributed by atoms with Crippen molar-refractivity contribution >= 4 is 25.0 Å². The van der Waals surface area contributed by atoms with Gasteiger partial charge in [-0.3, -0.25) is 4.52 Å². The lowest BCUT2D eigenvalue weighted by Crippen LogP contribution is -2.45. The third-order valence-corrected chi connectivity index (χ3v) is 5.84. The lowest BCUT2D eigenvalue weighted by molar-refractivity contribution is 0.189. The minimum absolute atomic E-state index is 0.128. The summed E-state index contributed by atoms with van der Waals surface area (Å²) in [5.41, 5.74) is 1.91. The zero-order valence-corrected chi connectivity index (χ0v) is 14.9. The molecule has 0 bridgehead atoms.